The monoisotopic (exact) mass is 261 g/mol. The summed E-state index contributed by atoms with van der Waals surface area (Å²) >= 11 is 1.67. The molecule has 96 valence electrons. The smallest absolute Gasteiger partial charge is 0.138 e. The van der Waals surface area contributed by atoms with E-state index in [1.54, 1.807) is 17.7 Å². The van der Waals surface area contributed by atoms with Crippen LogP contribution in [0.15, 0.2) is 17.8 Å². The van der Waals surface area contributed by atoms with Gasteiger partial charge in [-0.1, -0.05) is 20.3 Å². The topological polar surface area (TPSA) is 37.8 Å². The fraction of sp³-hybridized carbons (Fsp3) is 0.571. The summed E-state index contributed by atoms with van der Waals surface area (Å²) in [5.74, 6) is 2.61. The molecule has 0 radical (unpaired) electrons. The zero-order chi connectivity index (χ0) is 12.5. The molecule has 18 heavy (non-hydrogen) atoms. The molecule has 3 rings (SSSR count). The lowest BCUT2D eigenvalue weighted by Gasteiger charge is -2.21. The molecule has 0 aliphatic heterocycles. The van der Waals surface area contributed by atoms with Crippen LogP contribution in [0.3, 0.4) is 0 Å². The summed E-state index contributed by atoms with van der Waals surface area (Å²) < 4.78 is 0. The van der Waals surface area contributed by atoms with Gasteiger partial charge in [0, 0.05) is 6.04 Å². The van der Waals surface area contributed by atoms with E-state index in [0.29, 0.717) is 6.04 Å². The average Bonchev–Trinajstić information content (AvgIpc) is 2.98. The van der Waals surface area contributed by atoms with Gasteiger partial charge in [0.25, 0.3) is 0 Å². The van der Waals surface area contributed by atoms with Gasteiger partial charge in [0.05, 0.1) is 5.39 Å². The van der Waals surface area contributed by atoms with Crippen molar-refractivity contribution >= 4 is 27.4 Å². The minimum atomic E-state index is 0.563. The van der Waals surface area contributed by atoms with E-state index in [9.17, 15) is 0 Å². The third-order valence-electron chi connectivity index (χ3n) is 4.33. The van der Waals surface area contributed by atoms with E-state index in [1.807, 2.05) is 0 Å². The highest BCUT2D eigenvalue weighted by Crippen LogP contribution is 2.36. The second-order valence-electron chi connectivity index (χ2n) is 5.22. The molecule has 0 spiro atoms. The minimum Gasteiger partial charge on any atom is -0.366 e. The van der Waals surface area contributed by atoms with Gasteiger partial charge in [0.1, 0.15) is 17.0 Å². The van der Waals surface area contributed by atoms with Crippen molar-refractivity contribution in [1.82, 2.24) is 9.97 Å². The van der Waals surface area contributed by atoms with E-state index in [1.165, 1.54) is 19.3 Å². The molecule has 3 atom stereocenters. The fourth-order valence-electron chi connectivity index (χ4n) is 3.11. The van der Waals surface area contributed by atoms with E-state index in [2.05, 4.69) is 40.6 Å². The Labute approximate surface area is 112 Å². The van der Waals surface area contributed by atoms with Gasteiger partial charge in [-0.15, -0.1) is 11.3 Å². The first-order valence-electron chi connectivity index (χ1n) is 6.74. The van der Waals surface area contributed by atoms with Crippen molar-refractivity contribution in [3.05, 3.63) is 17.8 Å². The number of anilines is 1. The zero-order valence-electron chi connectivity index (χ0n) is 10.9. The van der Waals surface area contributed by atoms with Crippen molar-refractivity contribution in [3.8, 4) is 0 Å². The van der Waals surface area contributed by atoms with Crippen molar-refractivity contribution in [2.45, 2.75) is 39.2 Å². The van der Waals surface area contributed by atoms with Gasteiger partial charge in [-0.05, 0) is 36.1 Å². The highest BCUT2D eigenvalue weighted by Gasteiger charge is 2.31. The zero-order valence-corrected chi connectivity index (χ0v) is 11.7. The van der Waals surface area contributed by atoms with Crippen LogP contribution < -0.4 is 5.32 Å². The van der Waals surface area contributed by atoms with Crippen LogP contribution in [0.4, 0.5) is 5.82 Å². The van der Waals surface area contributed by atoms with Crippen molar-refractivity contribution in [3.63, 3.8) is 0 Å². The summed E-state index contributed by atoms with van der Waals surface area (Å²) in [6, 6.07) is 2.67. The first-order valence-corrected chi connectivity index (χ1v) is 7.62. The third-order valence-corrected chi connectivity index (χ3v) is 5.16. The van der Waals surface area contributed by atoms with Crippen LogP contribution in [0.1, 0.15) is 33.1 Å². The molecule has 0 saturated heterocycles. The molecule has 2 heterocycles. The Morgan fingerprint density at radius 2 is 2.28 bits per heavy atom. The number of fused-ring (bicyclic) bond motifs is 1. The molecule has 0 amide bonds. The molecule has 3 nitrogen and oxygen atoms in total. The van der Waals surface area contributed by atoms with Crippen molar-refractivity contribution < 1.29 is 0 Å². The molecule has 4 heteroatoms. The van der Waals surface area contributed by atoms with Crippen LogP contribution in [0.2, 0.25) is 0 Å². The first kappa shape index (κ1) is 11.9. The summed E-state index contributed by atoms with van der Waals surface area (Å²) in [5, 5.41) is 6.88. The van der Waals surface area contributed by atoms with Gasteiger partial charge in [0.2, 0.25) is 0 Å². The Morgan fingerprint density at radius 1 is 1.39 bits per heavy atom. The van der Waals surface area contributed by atoms with Gasteiger partial charge < -0.3 is 5.32 Å². The first-order chi connectivity index (χ1) is 8.79. The van der Waals surface area contributed by atoms with Gasteiger partial charge >= 0.3 is 0 Å². The van der Waals surface area contributed by atoms with E-state index in [-0.39, 0.29) is 0 Å². The van der Waals surface area contributed by atoms with Crippen LogP contribution in [-0.2, 0) is 0 Å². The van der Waals surface area contributed by atoms with Crippen LogP contribution >= 0.6 is 11.3 Å². The molecular weight excluding hydrogens is 242 g/mol. The van der Waals surface area contributed by atoms with Crippen LogP contribution in [0.5, 0.6) is 0 Å². The normalized spacial score (nSPS) is 27.8. The summed E-state index contributed by atoms with van der Waals surface area (Å²) in [6.45, 7) is 4.66. The SMILES string of the molecule is CCC1CCC(Nc2ncnc3sccc23)C1C. The quantitative estimate of drug-likeness (QED) is 0.909. The van der Waals surface area contributed by atoms with Gasteiger partial charge in [-0.3, -0.25) is 0 Å². The Hall–Kier alpha value is -1.16. The molecule has 2 aromatic rings. The summed E-state index contributed by atoms with van der Waals surface area (Å²) in [7, 11) is 0. The van der Waals surface area contributed by atoms with Crippen molar-refractivity contribution in [2.75, 3.05) is 5.32 Å². The molecule has 1 saturated carbocycles. The average molecular weight is 261 g/mol. The van der Waals surface area contributed by atoms with E-state index in [0.717, 1.165) is 27.9 Å². The van der Waals surface area contributed by atoms with Crippen LogP contribution in [0, 0.1) is 11.8 Å². The minimum absolute atomic E-state index is 0.563. The third kappa shape index (κ3) is 1.99. The number of rotatable bonds is 3. The van der Waals surface area contributed by atoms with Crippen LogP contribution in [0.25, 0.3) is 10.2 Å². The standard InChI is InChI=1S/C14H19N3S/c1-3-10-4-5-12(9(10)2)17-13-11-6-7-18-14(11)16-8-15-13/h6-10,12H,3-5H2,1-2H3,(H,15,16,17). The lowest BCUT2D eigenvalue weighted by molar-refractivity contribution is 0.391. The van der Waals surface area contributed by atoms with Gasteiger partial charge in [-0.25, -0.2) is 9.97 Å². The predicted octanol–water partition coefficient (Wildman–Crippen LogP) is 3.93. The highest BCUT2D eigenvalue weighted by atomic mass is 32.1. The molecule has 1 fully saturated rings. The molecule has 2 aromatic heterocycles. The summed E-state index contributed by atoms with van der Waals surface area (Å²) in [6.07, 6.45) is 5.55. The Morgan fingerprint density at radius 3 is 3.06 bits per heavy atom. The molecule has 1 N–H and O–H groups in total. The molecule has 1 aliphatic carbocycles. The molecular formula is C14H19N3S. The molecule has 0 aromatic carbocycles. The predicted molar refractivity (Wildman–Crippen MR) is 77.0 cm³/mol. The highest BCUT2D eigenvalue weighted by molar-refractivity contribution is 7.16. The van der Waals surface area contributed by atoms with Crippen molar-refractivity contribution in [1.29, 1.82) is 0 Å². The number of aromatic nitrogens is 2. The largest absolute Gasteiger partial charge is 0.366 e. The molecule has 3 unspecified atom stereocenters. The number of nitrogens with one attached hydrogen (secondary N) is 1. The summed E-state index contributed by atoms with van der Waals surface area (Å²) in [5.41, 5.74) is 0. The second-order valence-corrected chi connectivity index (χ2v) is 6.11. The van der Waals surface area contributed by atoms with Gasteiger partial charge in [0.15, 0.2) is 0 Å². The maximum absolute atomic E-state index is 4.41. The Kier molecular flexibility index (Phi) is 3.20. The number of thiophene rings is 1. The number of hydrogen-bond donors (Lipinski definition) is 1. The molecule has 1 aliphatic rings. The van der Waals surface area contributed by atoms with E-state index < -0.39 is 0 Å². The maximum Gasteiger partial charge on any atom is 0.138 e. The Balaban J connectivity index is 1.83. The Bertz CT molecular complexity index is 537. The van der Waals surface area contributed by atoms with E-state index in [4.69, 9.17) is 0 Å². The maximum atomic E-state index is 4.41. The fourth-order valence-corrected chi connectivity index (χ4v) is 3.84. The molecule has 0 bridgehead atoms. The van der Waals surface area contributed by atoms with Crippen LogP contribution in [-0.4, -0.2) is 16.0 Å². The lowest BCUT2D eigenvalue weighted by atomic mass is 9.93. The summed E-state index contributed by atoms with van der Waals surface area (Å²) in [4.78, 5) is 9.78. The lowest BCUT2D eigenvalue weighted by Crippen LogP contribution is -2.25. The van der Waals surface area contributed by atoms with Crippen molar-refractivity contribution in [2.24, 2.45) is 11.8 Å². The van der Waals surface area contributed by atoms with E-state index >= 15 is 0 Å². The second kappa shape index (κ2) is 4.84. The van der Waals surface area contributed by atoms with Gasteiger partial charge in [-0.2, -0.15) is 0 Å². The number of nitrogens with zero attached hydrogens (tertiary/aromatic N) is 2. The number of hydrogen-bond acceptors (Lipinski definition) is 4.